The highest BCUT2D eigenvalue weighted by Gasteiger charge is 2.09. The molecule has 0 fully saturated rings. The van der Waals surface area contributed by atoms with Crippen molar-refractivity contribution in [1.29, 1.82) is 0 Å². The Labute approximate surface area is 118 Å². The fourth-order valence-corrected chi connectivity index (χ4v) is 2.00. The summed E-state index contributed by atoms with van der Waals surface area (Å²) in [6.45, 7) is 5.93. The molecular weight excluding hydrogens is 258 g/mol. The lowest BCUT2D eigenvalue weighted by molar-refractivity contribution is 0.102. The average Bonchev–Trinajstić information content (AvgIpc) is 2.38. The van der Waals surface area contributed by atoms with Gasteiger partial charge in [0.05, 0.1) is 0 Å². The van der Waals surface area contributed by atoms with Gasteiger partial charge in [-0.2, -0.15) is 0 Å². The van der Waals surface area contributed by atoms with Crippen LogP contribution in [0.15, 0.2) is 36.4 Å². The van der Waals surface area contributed by atoms with Gasteiger partial charge in [0.15, 0.2) is 0 Å². The van der Waals surface area contributed by atoms with E-state index in [0.717, 1.165) is 22.4 Å². The zero-order valence-corrected chi connectivity index (χ0v) is 12.0. The number of rotatable bonds is 2. The van der Waals surface area contributed by atoms with Crippen LogP contribution in [0.5, 0.6) is 0 Å². The van der Waals surface area contributed by atoms with Gasteiger partial charge in [-0.3, -0.25) is 4.79 Å². The second kappa shape index (κ2) is 5.45. The molecule has 0 radical (unpaired) electrons. The van der Waals surface area contributed by atoms with Crippen LogP contribution < -0.4 is 5.32 Å². The zero-order valence-electron chi connectivity index (χ0n) is 11.3. The molecule has 1 amide bonds. The lowest BCUT2D eigenvalue weighted by Crippen LogP contribution is -2.13. The number of aryl methyl sites for hydroxylation is 2. The van der Waals surface area contributed by atoms with Crippen molar-refractivity contribution in [3.8, 4) is 0 Å². The van der Waals surface area contributed by atoms with Crippen LogP contribution >= 0.6 is 11.6 Å². The normalized spacial score (nSPS) is 10.3. The smallest absolute Gasteiger partial charge is 0.255 e. The van der Waals surface area contributed by atoms with E-state index in [1.165, 1.54) is 0 Å². The molecule has 0 saturated carbocycles. The van der Waals surface area contributed by atoms with Gasteiger partial charge in [-0.05, 0) is 55.7 Å². The van der Waals surface area contributed by atoms with Crippen LogP contribution in [-0.2, 0) is 0 Å². The summed E-state index contributed by atoms with van der Waals surface area (Å²) in [6.07, 6.45) is 0. The van der Waals surface area contributed by atoms with Gasteiger partial charge in [-0.15, -0.1) is 0 Å². The Bertz CT molecular complexity index is 635. The quantitative estimate of drug-likeness (QED) is 0.856. The third-order valence-electron chi connectivity index (χ3n) is 3.29. The minimum absolute atomic E-state index is 0.143. The van der Waals surface area contributed by atoms with Gasteiger partial charge in [0.1, 0.15) is 0 Å². The summed E-state index contributed by atoms with van der Waals surface area (Å²) in [6, 6.07) is 11.2. The third-order valence-corrected chi connectivity index (χ3v) is 3.69. The Morgan fingerprint density at radius 2 is 1.79 bits per heavy atom. The van der Waals surface area contributed by atoms with E-state index in [4.69, 9.17) is 11.6 Å². The van der Waals surface area contributed by atoms with Gasteiger partial charge in [0, 0.05) is 16.3 Å². The number of halogens is 1. The Morgan fingerprint density at radius 3 is 2.47 bits per heavy atom. The molecule has 0 aliphatic heterocycles. The van der Waals surface area contributed by atoms with Gasteiger partial charge >= 0.3 is 0 Å². The van der Waals surface area contributed by atoms with E-state index in [2.05, 4.69) is 5.32 Å². The summed E-state index contributed by atoms with van der Waals surface area (Å²) in [7, 11) is 0. The summed E-state index contributed by atoms with van der Waals surface area (Å²) in [4.78, 5) is 12.2. The standard InChI is InChI=1S/C16H16ClNO/c1-10-5-4-6-15(12(10)3)18-16(19)13-8-7-11(2)14(17)9-13/h4-9H,1-3H3,(H,18,19). The maximum Gasteiger partial charge on any atom is 0.255 e. The van der Waals surface area contributed by atoms with E-state index in [1.54, 1.807) is 12.1 Å². The van der Waals surface area contributed by atoms with Gasteiger partial charge in [0.25, 0.3) is 5.91 Å². The van der Waals surface area contributed by atoms with Crippen LogP contribution in [-0.4, -0.2) is 5.91 Å². The molecule has 0 aromatic heterocycles. The maximum atomic E-state index is 12.2. The lowest BCUT2D eigenvalue weighted by atomic mass is 10.1. The van der Waals surface area contributed by atoms with Crippen LogP contribution in [0.3, 0.4) is 0 Å². The van der Waals surface area contributed by atoms with Gasteiger partial charge < -0.3 is 5.32 Å². The molecule has 2 aromatic rings. The van der Waals surface area contributed by atoms with Gasteiger partial charge in [0.2, 0.25) is 0 Å². The lowest BCUT2D eigenvalue weighted by Gasteiger charge is -2.10. The fraction of sp³-hybridized carbons (Fsp3) is 0.188. The van der Waals surface area contributed by atoms with Crippen LogP contribution in [0, 0.1) is 20.8 Å². The molecule has 0 spiro atoms. The van der Waals surface area contributed by atoms with Crippen molar-refractivity contribution in [2.75, 3.05) is 5.32 Å². The summed E-state index contributed by atoms with van der Waals surface area (Å²) in [5.74, 6) is -0.143. The molecule has 0 saturated heterocycles. The fourth-order valence-electron chi connectivity index (χ4n) is 1.82. The number of amides is 1. The van der Waals surface area contributed by atoms with Crippen molar-refractivity contribution in [2.24, 2.45) is 0 Å². The summed E-state index contributed by atoms with van der Waals surface area (Å²) in [5, 5.41) is 3.52. The second-order valence-electron chi connectivity index (χ2n) is 4.67. The first kappa shape index (κ1) is 13.6. The van der Waals surface area contributed by atoms with Crippen molar-refractivity contribution in [3.05, 3.63) is 63.7 Å². The van der Waals surface area contributed by atoms with Crippen LogP contribution in [0.4, 0.5) is 5.69 Å². The predicted octanol–water partition coefficient (Wildman–Crippen LogP) is 4.52. The molecule has 0 unspecified atom stereocenters. The minimum atomic E-state index is -0.143. The largest absolute Gasteiger partial charge is 0.322 e. The molecule has 98 valence electrons. The van der Waals surface area contributed by atoms with E-state index >= 15 is 0 Å². The average molecular weight is 274 g/mol. The summed E-state index contributed by atoms with van der Waals surface area (Å²) >= 11 is 6.04. The molecule has 2 nitrogen and oxygen atoms in total. The van der Waals surface area contributed by atoms with Crippen molar-refractivity contribution < 1.29 is 4.79 Å². The Morgan fingerprint density at radius 1 is 1.05 bits per heavy atom. The molecule has 0 aliphatic rings. The van der Waals surface area contributed by atoms with E-state index in [1.807, 2.05) is 45.0 Å². The van der Waals surface area contributed by atoms with E-state index in [0.29, 0.717) is 10.6 Å². The van der Waals surface area contributed by atoms with Gasteiger partial charge in [-0.25, -0.2) is 0 Å². The molecule has 2 aromatic carbocycles. The molecule has 0 aliphatic carbocycles. The Hall–Kier alpha value is -1.80. The first-order chi connectivity index (χ1) is 8.99. The monoisotopic (exact) mass is 273 g/mol. The highest BCUT2D eigenvalue weighted by Crippen LogP contribution is 2.21. The van der Waals surface area contributed by atoms with Crippen LogP contribution in [0.25, 0.3) is 0 Å². The van der Waals surface area contributed by atoms with Crippen LogP contribution in [0.1, 0.15) is 27.0 Å². The van der Waals surface area contributed by atoms with E-state index in [-0.39, 0.29) is 5.91 Å². The molecule has 1 N–H and O–H groups in total. The SMILES string of the molecule is Cc1ccc(C(=O)Nc2cccc(C)c2C)cc1Cl. The first-order valence-corrected chi connectivity index (χ1v) is 6.50. The maximum absolute atomic E-state index is 12.2. The van der Waals surface area contributed by atoms with Crippen LogP contribution in [0.2, 0.25) is 5.02 Å². The molecule has 0 heterocycles. The molecule has 2 rings (SSSR count). The Kier molecular flexibility index (Phi) is 3.91. The summed E-state index contributed by atoms with van der Waals surface area (Å²) in [5.41, 5.74) is 4.59. The molecule has 0 atom stereocenters. The number of hydrogen-bond acceptors (Lipinski definition) is 1. The van der Waals surface area contributed by atoms with Crippen molar-refractivity contribution in [2.45, 2.75) is 20.8 Å². The highest BCUT2D eigenvalue weighted by atomic mass is 35.5. The molecular formula is C16H16ClNO. The zero-order chi connectivity index (χ0) is 14.0. The molecule has 0 bridgehead atoms. The van der Waals surface area contributed by atoms with E-state index in [9.17, 15) is 4.79 Å². The van der Waals surface area contributed by atoms with Gasteiger partial charge in [-0.1, -0.05) is 29.8 Å². The topological polar surface area (TPSA) is 29.1 Å². The summed E-state index contributed by atoms with van der Waals surface area (Å²) < 4.78 is 0. The van der Waals surface area contributed by atoms with Crippen molar-refractivity contribution in [1.82, 2.24) is 0 Å². The minimum Gasteiger partial charge on any atom is -0.322 e. The second-order valence-corrected chi connectivity index (χ2v) is 5.07. The van der Waals surface area contributed by atoms with Crippen molar-refractivity contribution >= 4 is 23.2 Å². The number of anilines is 1. The highest BCUT2D eigenvalue weighted by molar-refractivity contribution is 6.31. The third kappa shape index (κ3) is 2.96. The molecule has 3 heteroatoms. The number of hydrogen-bond donors (Lipinski definition) is 1. The van der Waals surface area contributed by atoms with E-state index < -0.39 is 0 Å². The molecule has 19 heavy (non-hydrogen) atoms. The number of benzene rings is 2. The van der Waals surface area contributed by atoms with Crippen molar-refractivity contribution in [3.63, 3.8) is 0 Å². The number of carbonyl (C=O) groups is 1. The number of carbonyl (C=O) groups excluding carboxylic acids is 1. The first-order valence-electron chi connectivity index (χ1n) is 6.13. The Balaban J connectivity index is 2.26. The predicted molar refractivity (Wildman–Crippen MR) is 80.1 cm³/mol. The number of nitrogens with one attached hydrogen (secondary N) is 1.